The van der Waals surface area contributed by atoms with Crippen LogP contribution >= 0.6 is 0 Å². The number of anilines is 2. The van der Waals surface area contributed by atoms with E-state index in [1.807, 2.05) is 6.92 Å². The van der Waals surface area contributed by atoms with E-state index in [0.29, 0.717) is 12.8 Å². The van der Waals surface area contributed by atoms with Crippen LogP contribution < -0.4 is 16.4 Å². The molecular weight excluding hydrogens is 230 g/mol. The van der Waals surface area contributed by atoms with Crippen molar-refractivity contribution in [3.05, 3.63) is 24.3 Å². The number of hydrogen-bond acceptors (Lipinski definition) is 3. The molecule has 0 aliphatic heterocycles. The smallest absolute Gasteiger partial charge is 0.239 e. The Morgan fingerprint density at radius 3 is 2.17 bits per heavy atom. The second-order valence-corrected chi connectivity index (χ2v) is 3.99. The van der Waals surface area contributed by atoms with Crippen LogP contribution in [0.25, 0.3) is 0 Å². The first kappa shape index (κ1) is 14.0. The molecule has 4 N–H and O–H groups in total. The van der Waals surface area contributed by atoms with Gasteiger partial charge in [-0.05, 0) is 30.7 Å². The van der Waals surface area contributed by atoms with Crippen LogP contribution in [0.2, 0.25) is 0 Å². The average molecular weight is 249 g/mol. The fourth-order valence-electron chi connectivity index (χ4n) is 1.47. The van der Waals surface area contributed by atoms with Gasteiger partial charge in [-0.25, -0.2) is 0 Å². The van der Waals surface area contributed by atoms with Crippen molar-refractivity contribution in [3.8, 4) is 0 Å². The van der Waals surface area contributed by atoms with E-state index in [4.69, 9.17) is 5.73 Å². The molecule has 0 aromatic heterocycles. The summed E-state index contributed by atoms with van der Waals surface area (Å²) in [5.74, 6) is -0.403. The van der Waals surface area contributed by atoms with Gasteiger partial charge in [0.25, 0.3) is 0 Å². The molecule has 1 atom stereocenters. The molecule has 0 fully saturated rings. The summed E-state index contributed by atoms with van der Waals surface area (Å²) in [6, 6.07) is 6.79. The lowest BCUT2D eigenvalue weighted by atomic mass is 10.2. The number of carbonyl (C=O) groups is 2. The van der Waals surface area contributed by atoms with Gasteiger partial charge in [0.2, 0.25) is 11.8 Å². The molecule has 0 saturated heterocycles. The Bertz CT molecular complexity index is 415. The number of amides is 2. The van der Waals surface area contributed by atoms with E-state index >= 15 is 0 Å². The van der Waals surface area contributed by atoms with Crippen molar-refractivity contribution >= 4 is 23.2 Å². The van der Waals surface area contributed by atoms with Crippen LogP contribution in [0.5, 0.6) is 0 Å². The van der Waals surface area contributed by atoms with Crippen LogP contribution in [0, 0.1) is 0 Å². The monoisotopic (exact) mass is 249 g/mol. The summed E-state index contributed by atoms with van der Waals surface area (Å²) in [7, 11) is 0. The van der Waals surface area contributed by atoms with E-state index in [1.165, 1.54) is 0 Å². The van der Waals surface area contributed by atoms with E-state index in [2.05, 4.69) is 10.6 Å². The summed E-state index contributed by atoms with van der Waals surface area (Å²) in [5.41, 5.74) is 6.79. The molecule has 0 aliphatic rings. The van der Waals surface area contributed by atoms with Gasteiger partial charge in [0, 0.05) is 17.8 Å². The lowest BCUT2D eigenvalue weighted by Crippen LogP contribution is -2.34. The Hall–Kier alpha value is -2.04. The highest BCUT2D eigenvalue weighted by Crippen LogP contribution is 2.15. The summed E-state index contributed by atoms with van der Waals surface area (Å²) in [5, 5.41) is 5.79. The summed E-state index contributed by atoms with van der Waals surface area (Å²) in [6.45, 7) is 3.68. The third-order valence-electron chi connectivity index (χ3n) is 2.58. The van der Waals surface area contributed by atoms with E-state index in [0.717, 1.165) is 11.4 Å². The van der Waals surface area contributed by atoms with Crippen LogP contribution in [0.3, 0.4) is 0 Å². The standard InChI is InChI=1S/C13H19N3O2/c1-3-11(13(14)18)15-9-5-7-10(8-6-9)16-12(17)4-2/h5-8,11,15H,3-4H2,1-2H3,(H2,14,18)(H,16,17)/t11-/m1/s1. The normalized spacial score (nSPS) is 11.7. The second-order valence-electron chi connectivity index (χ2n) is 3.99. The van der Waals surface area contributed by atoms with Crippen molar-refractivity contribution in [1.29, 1.82) is 0 Å². The number of carbonyl (C=O) groups excluding carboxylic acids is 2. The molecule has 2 amide bonds. The summed E-state index contributed by atoms with van der Waals surface area (Å²) >= 11 is 0. The molecular formula is C13H19N3O2. The fraction of sp³-hybridized carbons (Fsp3) is 0.385. The van der Waals surface area contributed by atoms with Gasteiger partial charge in [-0.2, -0.15) is 0 Å². The van der Waals surface area contributed by atoms with Crippen LogP contribution in [0.15, 0.2) is 24.3 Å². The topological polar surface area (TPSA) is 84.2 Å². The molecule has 5 heteroatoms. The Labute approximate surface area is 107 Å². The van der Waals surface area contributed by atoms with Gasteiger partial charge in [0.1, 0.15) is 6.04 Å². The molecule has 0 radical (unpaired) electrons. The third-order valence-corrected chi connectivity index (χ3v) is 2.58. The predicted molar refractivity (Wildman–Crippen MR) is 72.3 cm³/mol. The molecule has 98 valence electrons. The van der Waals surface area contributed by atoms with Crippen molar-refractivity contribution in [2.45, 2.75) is 32.7 Å². The van der Waals surface area contributed by atoms with Gasteiger partial charge < -0.3 is 16.4 Å². The summed E-state index contributed by atoms with van der Waals surface area (Å²) < 4.78 is 0. The maximum absolute atomic E-state index is 11.2. The maximum Gasteiger partial charge on any atom is 0.239 e. The molecule has 18 heavy (non-hydrogen) atoms. The van der Waals surface area contributed by atoms with Gasteiger partial charge in [0.15, 0.2) is 0 Å². The van der Waals surface area contributed by atoms with Crippen molar-refractivity contribution in [3.63, 3.8) is 0 Å². The molecule has 1 rings (SSSR count). The molecule has 0 aliphatic carbocycles. The fourth-order valence-corrected chi connectivity index (χ4v) is 1.47. The minimum Gasteiger partial charge on any atom is -0.374 e. The Kier molecular flexibility index (Phi) is 5.17. The minimum absolute atomic E-state index is 0.0284. The quantitative estimate of drug-likeness (QED) is 0.717. The van der Waals surface area contributed by atoms with Crippen molar-refractivity contribution < 1.29 is 9.59 Å². The van der Waals surface area contributed by atoms with Crippen LogP contribution in [0.1, 0.15) is 26.7 Å². The van der Waals surface area contributed by atoms with Gasteiger partial charge in [-0.15, -0.1) is 0 Å². The van der Waals surface area contributed by atoms with Crippen LogP contribution in [0.4, 0.5) is 11.4 Å². The number of nitrogens with one attached hydrogen (secondary N) is 2. The van der Waals surface area contributed by atoms with Crippen LogP contribution in [-0.4, -0.2) is 17.9 Å². The lowest BCUT2D eigenvalue weighted by Gasteiger charge is -2.15. The Balaban J connectivity index is 2.65. The molecule has 0 heterocycles. The van der Waals surface area contributed by atoms with Gasteiger partial charge in [-0.3, -0.25) is 9.59 Å². The minimum atomic E-state index is -0.374. The zero-order valence-electron chi connectivity index (χ0n) is 10.7. The van der Waals surface area contributed by atoms with Gasteiger partial charge in [-0.1, -0.05) is 13.8 Å². The van der Waals surface area contributed by atoms with Crippen LogP contribution in [-0.2, 0) is 9.59 Å². The molecule has 5 nitrogen and oxygen atoms in total. The molecule has 0 spiro atoms. The maximum atomic E-state index is 11.2. The first-order valence-electron chi connectivity index (χ1n) is 6.02. The van der Waals surface area contributed by atoms with Crippen molar-refractivity contribution in [2.75, 3.05) is 10.6 Å². The van der Waals surface area contributed by atoms with Crippen molar-refractivity contribution in [1.82, 2.24) is 0 Å². The Morgan fingerprint density at radius 1 is 1.17 bits per heavy atom. The third kappa shape index (κ3) is 4.08. The number of hydrogen-bond donors (Lipinski definition) is 3. The van der Waals surface area contributed by atoms with E-state index in [1.54, 1.807) is 31.2 Å². The van der Waals surface area contributed by atoms with Gasteiger partial charge in [0.05, 0.1) is 0 Å². The zero-order valence-corrected chi connectivity index (χ0v) is 10.7. The number of nitrogens with two attached hydrogens (primary N) is 1. The number of primary amides is 1. The highest BCUT2D eigenvalue weighted by atomic mass is 16.2. The molecule has 0 unspecified atom stereocenters. The summed E-state index contributed by atoms with van der Waals surface area (Å²) in [4.78, 5) is 22.3. The second kappa shape index (κ2) is 6.64. The molecule has 1 aromatic carbocycles. The largest absolute Gasteiger partial charge is 0.374 e. The summed E-state index contributed by atoms with van der Waals surface area (Å²) in [6.07, 6.45) is 1.07. The van der Waals surface area contributed by atoms with E-state index < -0.39 is 0 Å². The number of benzene rings is 1. The SMILES string of the molecule is CCC(=O)Nc1ccc(N[C@H](CC)C(N)=O)cc1. The average Bonchev–Trinajstić information content (AvgIpc) is 2.37. The molecule has 0 saturated carbocycles. The van der Waals surface area contributed by atoms with E-state index in [9.17, 15) is 9.59 Å². The predicted octanol–water partition coefficient (Wildman–Crippen LogP) is 1.71. The molecule has 1 aromatic rings. The Morgan fingerprint density at radius 2 is 1.72 bits per heavy atom. The van der Waals surface area contributed by atoms with Crippen molar-refractivity contribution in [2.24, 2.45) is 5.73 Å². The first-order valence-corrected chi connectivity index (χ1v) is 6.02. The lowest BCUT2D eigenvalue weighted by molar-refractivity contribution is -0.119. The highest BCUT2D eigenvalue weighted by Gasteiger charge is 2.11. The van der Waals surface area contributed by atoms with Gasteiger partial charge >= 0.3 is 0 Å². The number of rotatable bonds is 6. The van der Waals surface area contributed by atoms with E-state index in [-0.39, 0.29) is 17.9 Å². The molecule has 0 bridgehead atoms. The first-order chi connectivity index (χ1) is 8.56. The highest BCUT2D eigenvalue weighted by molar-refractivity contribution is 5.90. The zero-order chi connectivity index (χ0) is 13.5.